The highest BCUT2D eigenvalue weighted by atomic mass is 19.1. The summed E-state index contributed by atoms with van der Waals surface area (Å²) < 4.78 is 29.0. The summed E-state index contributed by atoms with van der Waals surface area (Å²) in [6.45, 7) is 3.14. The molecule has 6 rings (SSSR count). The Balaban J connectivity index is 1.72. The predicted molar refractivity (Wildman–Crippen MR) is 144 cm³/mol. The number of aromatic nitrogens is 5. The van der Waals surface area contributed by atoms with Crippen molar-refractivity contribution < 1.29 is 23.8 Å². The molecular weight excluding hydrogens is 501 g/mol. The maximum atomic E-state index is 14.0. The van der Waals surface area contributed by atoms with Crippen LogP contribution in [0.1, 0.15) is 40.5 Å². The lowest BCUT2D eigenvalue weighted by molar-refractivity contribution is 0.0552. The van der Waals surface area contributed by atoms with Crippen LogP contribution >= 0.6 is 0 Å². The molecule has 1 saturated heterocycles. The van der Waals surface area contributed by atoms with Crippen LogP contribution in [0, 0.1) is 18.7 Å². The van der Waals surface area contributed by atoms with Crippen LogP contribution in [-0.4, -0.2) is 55.9 Å². The SMILES string of the molecule is COc1cc2c3ncc(-c4c(C)nnn4C)cc3n(C(c3ccc(F)cc3)C3CCOCC3)c2cc1C(=O)O. The molecule has 1 aliphatic heterocycles. The van der Waals surface area contributed by atoms with Gasteiger partial charge >= 0.3 is 5.97 Å². The van der Waals surface area contributed by atoms with Crippen LogP contribution in [0.25, 0.3) is 33.2 Å². The molecule has 10 heteroatoms. The van der Waals surface area contributed by atoms with Crippen molar-refractivity contribution in [2.24, 2.45) is 13.0 Å². The monoisotopic (exact) mass is 529 g/mol. The van der Waals surface area contributed by atoms with Gasteiger partial charge < -0.3 is 19.1 Å². The number of hydrogen-bond donors (Lipinski definition) is 1. The number of carboxylic acids is 1. The van der Waals surface area contributed by atoms with E-state index in [-0.39, 0.29) is 29.1 Å². The number of hydrogen-bond acceptors (Lipinski definition) is 6. The largest absolute Gasteiger partial charge is 0.496 e. The van der Waals surface area contributed by atoms with Crippen molar-refractivity contribution in [3.05, 3.63) is 71.3 Å². The Kier molecular flexibility index (Phi) is 6.26. The fourth-order valence-corrected chi connectivity index (χ4v) is 5.88. The Morgan fingerprint density at radius 1 is 1.15 bits per heavy atom. The standard InChI is InChI=1S/C29H28FN5O4/c1-16-27(34(2)33-32-16)19-12-24-26(31-15-19)21-14-25(38-3)22(29(36)37)13-23(21)35(24)28(18-8-10-39-11-9-18)17-4-6-20(30)7-5-17/h4-7,12-15,18,28H,8-11H2,1-3H3,(H,36,37). The highest BCUT2D eigenvalue weighted by Gasteiger charge is 2.31. The smallest absolute Gasteiger partial charge is 0.339 e. The average Bonchev–Trinajstić information content (AvgIpc) is 3.44. The van der Waals surface area contributed by atoms with E-state index >= 15 is 0 Å². The quantitative estimate of drug-likeness (QED) is 0.324. The highest BCUT2D eigenvalue weighted by Crippen LogP contribution is 2.42. The summed E-state index contributed by atoms with van der Waals surface area (Å²) in [4.78, 5) is 17.1. The molecule has 0 saturated carbocycles. The molecule has 4 heterocycles. The van der Waals surface area contributed by atoms with Crippen LogP contribution in [0.15, 0.2) is 48.7 Å². The number of nitrogens with zero attached hydrogens (tertiary/aromatic N) is 5. The third-order valence-corrected chi connectivity index (χ3v) is 7.66. The first-order valence-electron chi connectivity index (χ1n) is 12.8. The molecule has 9 nitrogen and oxygen atoms in total. The molecular formula is C29H28FN5O4. The highest BCUT2D eigenvalue weighted by molar-refractivity contribution is 6.10. The summed E-state index contributed by atoms with van der Waals surface area (Å²) in [6, 6.07) is 11.8. The lowest BCUT2D eigenvalue weighted by Gasteiger charge is -2.33. The van der Waals surface area contributed by atoms with Crippen molar-refractivity contribution in [1.82, 2.24) is 24.5 Å². The van der Waals surface area contributed by atoms with Crippen LogP contribution in [-0.2, 0) is 11.8 Å². The number of benzene rings is 2. The van der Waals surface area contributed by atoms with Gasteiger partial charge in [0.05, 0.1) is 41.1 Å². The fraction of sp³-hybridized carbons (Fsp3) is 0.310. The van der Waals surface area contributed by atoms with Gasteiger partial charge in [0.2, 0.25) is 0 Å². The molecule has 2 aromatic carbocycles. The molecule has 200 valence electrons. The molecule has 1 N–H and O–H groups in total. The molecule has 5 aromatic rings. The summed E-state index contributed by atoms with van der Waals surface area (Å²) in [5, 5.41) is 19.1. The average molecular weight is 530 g/mol. The maximum absolute atomic E-state index is 14.0. The molecule has 1 atom stereocenters. The van der Waals surface area contributed by atoms with Crippen LogP contribution in [0.4, 0.5) is 4.39 Å². The van der Waals surface area contributed by atoms with Crippen LogP contribution < -0.4 is 4.74 Å². The minimum Gasteiger partial charge on any atom is -0.496 e. The number of halogens is 1. The van der Waals surface area contributed by atoms with Gasteiger partial charge in [0.15, 0.2) is 0 Å². The van der Waals surface area contributed by atoms with E-state index < -0.39 is 5.97 Å². The van der Waals surface area contributed by atoms with Crippen molar-refractivity contribution in [1.29, 1.82) is 0 Å². The summed E-state index contributed by atoms with van der Waals surface area (Å²) in [6.07, 6.45) is 3.41. The predicted octanol–water partition coefficient (Wildman–Crippen LogP) is 5.16. The van der Waals surface area contributed by atoms with Crippen LogP contribution in [0.2, 0.25) is 0 Å². The van der Waals surface area contributed by atoms with Crippen molar-refractivity contribution in [2.45, 2.75) is 25.8 Å². The zero-order chi connectivity index (χ0) is 27.3. The van der Waals surface area contributed by atoms with Gasteiger partial charge in [-0.15, -0.1) is 5.10 Å². The first-order valence-corrected chi connectivity index (χ1v) is 12.8. The van der Waals surface area contributed by atoms with Gasteiger partial charge in [-0.05, 0) is 61.6 Å². The molecule has 3 aromatic heterocycles. The van der Waals surface area contributed by atoms with Crippen LogP contribution in [0.5, 0.6) is 5.75 Å². The van der Waals surface area contributed by atoms with E-state index in [4.69, 9.17) is 14.5 Å². The van der Waals surface area contributed by atoms with Gasteiger partial charge in [-0.1, -0.05) is 17.3 Å². The first kappa shape index (κ1) is 25.0. The number of aryl methyl sites for hydroxylation is 2. The molecule has 0 aliphatic carbocycles. The number of methoxy groups -OCH3 is 1. The molecule has 0 spiro atoms. The van der Waals surface area contributed by atoms with Gasteiger partial charge in [-0.2, -0.15) is 0 Å². The first-order chi connectivity index (χ1) is 18.9. The van der Waals surface area contributed by atoms with E-state index in [0.717, 1.165) is 51.8 Å². The number of fused-ring (bicyclic) bond motifs is 3. The fourth-order valence-electron chi connectivity index (χ4n) is 5.88. The summed E-state index contributed by atoms with van der Waals surface area (Å²) in [5.41, 5.74) is 5.71. The molecule has 1 unspecified atom stereocenters. The second-order valence-corrected chi connectivity index (χ2v) is 9.93. The number of carboxylic acid groups (broad SMARTS) is 1. The summed E-state index contributed by atoms with van der Waals surface area (Å²) in [7, 11) is 3.29. The Hall–Kier alpha value is -4.31. The number of aromatic carboxylic acids is 1. The number of rotatable bonds is 6. The summed E-state index contributed by atoms with van der Waals surface area (Å²) >= 11 is 0. The minimum absolute atomic E-state index is 0.0609. The molecule has 39 heavy (non-hydrogen) atoms. The molecule has 0 radical (unpaired) electrons. The minimum atomic E-state index is -1.08. The Morgan fingerprint density at radius 3 is 2.54 bits per heavy atom. The molecule has 0 bridgehead atoms. The topological polar surface area (TPSA) is 104 Å². The van der Waals surface area contributed by atoms with Gasteiger partial charge in [0.1, 0.15) is 17.1 Å². The number of ether oxygens (including phenoxy) is 2. The van der Waals surface area contributed by atoms with Gasteiger partial charge in [0, 0.05) is 37.4 Å². The second-order valence-electron chi connectivity index (χ2n) is 9.93. The van der Waals surface area contributed by atoms with E-state index in [1.54, 1.807) is 35.1 Å². The number of pyridine rings is 1. The van der Waals surface area contributed by atoms with Gasteiger partial charge in [-0.25, -0.2) is 13.9 Å². The second kappa shape index (κ2) is 9.77. The molecule has 1 fully saturated rings. The van der Waals surface area contributed by atoms with Crippen molar-refractivity contribution in [3.63, 3.8) is 0 Å². The normalized spacial score (nSPS) is 15.2. The third kappa shape index (κ3) is 4.21. The molecule has 1 aliphatic rings. The van der Waals surface area contributed by atoms with E-state index in [9.17, 15) is 14.3 Å². The Labute approximate surface area is 223 Å². The lowest BCUT2D eigenvalue weighted by Crippen LogP contribution is -2.27. The zero-order valence-electron chi connectivity index (χ0n) is 21.9. The van der Waals surface area contributed by atoms with Gasteiger partial charge in [0.25, 0.3) is 0 Å². The van der Waals surface area contributed by atoms with Crippen molar-refractivity contribution >= 4 is 27.9 Å². The summed E-state index contributed by atoms with van der Waals surface area (Å²) in [5.74, 6) is -0.967. The third-order valence-electron chi connectivity index (χ3n) is 7.66. The van der Waals surface area contributed by atoms with Crippen molar-refractivity contribution in [2.75, 3.05) is 20.3 Å². The van der Waals surface area contributed by atoms with Crippen LogP contribution in [0.3, 0.4) is 0 Å². The van der Waals surface area contributed by atoms with E-state index in [2.05, 4.69) is 20.9 Å². The lowest BCUT2D eigenvalue weighted by atomic mass is 9.86. The number of carbonyl (C=O) groups is 1. The maximum Gasteiger partial charge on any atom is 0.339 e. The van der Waals surface area contributed by atoms with Crippen molar-refractivity contribution in [3.8, 4) is 17.0 Å². The Morgan fingerprint density at radius 2 is 1.90 bits per heavy atom. The zero-order valence-corrected chi connectivity index (χ0v) is 21.9. The molecule has 0 amide bonds. The van der Waals surface area contributed by atoms with Gasteiger partial charge in [-0.3, -0.25) is 4.98 Å². The van der Waals surface area contributed by atoms with E-state index in [0.29, 0.717) is 18.7 Å². The van der Waals surface area contributed by atoms with E-state index in [1.165, 1.54) is 19.2 Å². The van der Waals surface area contributed by atoms with E-state index in [1.807, 2.05) is 14.0 Å². The Bertz CT molecular complexity index is 1680.